The Balaban J connectivity index is 2.53. The Labute approximate surface area is 157 Å². The molecule has 0 spiro atoms. The summed E-state index contributed by atoms with van der Waals surface area (Å²) in [5.74, 6) is -1.76. The number of hydrogen-bond acceptors (Lipinski definition) is 4. The van der Waals surface area contributed by atoms with Gasteiger partial charge in [0.2, 0.25) is 0 Å². The van der Waals surface area contributed by atoms with E-state index in [2.05, 4.69) is 5.32 Å². The summed E-state index contributed by atoms with van der Waals surface area (Å²) < 4.78 is 14.8. The third kappa shape index (κ3) is 3.77. The van der Waals surface area contributed by atoms with Crippen molar-refractivity contribution in [2.24, 2.45) is 5.41 Å². The topological polar surface area (TPSA) is 66.4 Å². The van der Waals surface area contributed by atoms with Crippen LogP contribution in [-0.2, 0) is 0 Å². The first-order chi connectivity index (χ1) is 11.0. The van der Waals surface area contributed by atoms with E-state index in [0.717, 1.165) is 14.9 Å². The predicted octanol–water partition coefficient (Wildman–Crippen LogP) is 5.47. The first-order valence-corrected chi connectivity index (χ1v) is 9.05. The Morgan fingerprint density at radius 2 is 1.92 bits per heavy atom. The minimum atomic E-state index is -1.15. The van der Waals surface area contributed by atoms with Gasteiger partial charge in [-0.05, 0) is 53.3 Å². The van der Waals surface area contributed by atoms with E-state index in [-0.39, 0.29) is 22.0 Å². The number of carbonyl (C=O) groups excluding carboxylic acids is 1. The van der Waals surface area contributed by atoms with Crippen LogP contribution in [-0.4, -0.2) is 16.9 Å². The zero-order valence-electron chi connectivity index (χ0n) is 13.7. The van der Waals surface area contributed by atoms with E-state index in [1.807, 2.05) is 22.6 Å². The first-order valence-electron chi connectivity index (χ1n) is 7.16. The minimum absolute atomic E-state index is 0.00514. The number of thiophene rings is 1. The van der Waals surface area contributed by atoms with Crippen molar-refractivity contribution in [2.45, 2.75) is 27.7 Å². The van der Waals surface area contributed by atoms with E-state index in [9.17, 15) is 19.1 Å². The van der Waals surface area contributed by atoms with Crippen LogP contribution in [0.1, 0.15) is 46.4 Å². The van der Waals surface area contributed by atoms with E-state index in [1.165, 1.54) is 6.07 Å². The van der Waals surface area contributed by atoms with Crippen LogP contribution in [0.2, 0.25) is 0 Å². The Morgan fingerprint density at radius 1 is 1.29 bits per heavy atom. The van der Waals surface area contributed by atoms with Crippen LogP contribution >= 0.6 is 33.9 Å². The van der Waals surface area contributed by atoms with Crippen LogP contribution in [0.4, 0.5) is 15.1 Å². The van der Waals surface area contributed by atoms with Gasteiger partial charge in [0.15, 0.2) is 5.78 Å². The SMILES string of the molecule is Cc1c(C(=O)C(C)(C)C)sc(Nc2ccc(I)cc2F)c1C(=O)O. The number of nitrogens with one attached hydrogen (secondary N) is 1. The summed E-state index contributed by atoms with van der Waals surface area (Å²) in [4.78, 5) is 24.6. The fraction of sp³-hybridized carbons (Fsp3) is 0.294. The van der Waals surface area contributed by atoms with E-state index in [1.54, 1.807) is 39.8 Å². The van der Waals surface area contributed by atoms with Gasteiger partial charge in [-0.3, -0.25) is 4.79 Å². The van der Waals surface area contributed by atoms with Crippen molar-refractivity contribution in [1.82, 2.24) is 0 Å². The summed E-state index contributed by atoms with van der Waals surface area (Å²) in [5.41, 5.74) is -0.0446. The van der Waals surface area contributed by atoms with Gasteiger partial charge < -0.3 is 10.4 Å². The second-order valence-electron chi connectivity index (χ2n) is 6.39. The second-order valence-corrected chi connectivity index (χ2v) is 8.66. The number of Topliss-reactive ketones (excluding diaryl/α,β-unsaturated/α-hetero) is 1. The van der Waals surface area contributed by atoms with Crippen molar-refractivity contribution < 1.29 is 19.1 Å². The van der Waals surface area contributed by atoms with Crippen molar-refractivity contribution in [1.29, 1.82) is 0 Å². The second kappa shape index (κ2) is 6.79. The monoisotopic (exact) mass is 461 g/mol. The molecule has 0 amide bonds. The molecule has 0 saturated carbocycles. The van der Waals surface area contributed by atoms with E-state index in [0.29, 0.717) is 10.4 Å². The summed E-state index contributed by atoms with van der Waals surface area (Å²) >= 11 is 3.04. The van der Waals surface area contributed by atoms with E-state index in [4.69, 9.17) is 0 Å². The van der Waals surface area contributed by atoms with Crippen LogP contribution in [0, 0.1) is 21.7 Å². The summed E-state index contributed by atoms with van der Waals surface area (Å²) in [6.45, 7) is 6.94. The number of aromatic carboxylic acids is 1. The summed E-state index contributed by atoms with van der Waals surface area (Å²) in [6, 6.07) is 4.61. The molecule has 0 bridgehead atoms. The average Bonchev–Trinajstić information content (AvgIpc) is 2.76. The lowest BCUT2D eigenvalue weighted by Gasteiger charge is -2.15. The molecular formula is C17H17FINO3S. The van der Waals surface area contributed by atoms with Crippen LogP contribution in [0.3, 0.4) is 0 Å². The van der Waals surface area contributed by atoms with Gasteiger partial charge in [-0.2, -0.15) is 0 Å². The Bertz CT molecular complexity index is 824. The maximum absolute atomic E-state index is 14.0. The molecule has 1 heterocycles. The largest absolute Gasteiger partial charge is 0.478 e. The van der Waals surface area contributed by atoms with Gasteiger partial charge in [0, 0.05) is 8.99 Å². The molecule has 2 aromatic rings. The van der Waals surface area contributed by atoms with Gasteiger partial charge in [-0.1, -0.05) is 20.8 Å². The van der Waals surface area contributed by atoms with Crippen molar-refractivity contribution in [3.63, 3.8) is 0 Å². The van der Waals surface area contributed by atoms with E-state index >= 15 is 0 Å². The zero-order chi connectivity index (χ0) is 18.2. The molecule has 1 aromatic carbocycles. The number of carboxylic acids is 1. The highest BCUT2D eigenvalue weighted by Gasteiger charge is 2.30. The van der Waals surface area contributed by atoms with Gasteiger partial charge in [0.25, 0.3) is 0 Å². The van der Waals surface area contributed by atoms with Crippen molar-refractivity contribution in [3.05, 3.63) is 43.6 Å². The predicted molar refractivity (Wildman–Crippen MR) is 102 cm³/mol. The lowest BCUT2D eigenvalue weighted by Crippen LogP contribution is -2.20. The molecule has 2 N–H and O–H groups in total. The van der Waals surface area contributed by atoms with Crippen LogP contribution in [0.25, 0.3) is 0 Å². The fourth-order valence-electron chi connectivity index (χ4n) is 2.13. The molecule has 24 heavy (non-hydrogen) atoms. The molecule has 0 radical (unpaired) electrons. The first kappa shape index (κ1) is 18.9. The molecule has 0 atom stereocenters. The number of halogens is 2. The van der Waals surface area contributed by atoms with Gasteiger partial charge in [-0.15, -0.1) is 11.3 Å². The van der Waals surface area contributed by atoms with Gasteiger partial charge in [-0.25, -0.2) is 9.18 Å². The van der Waals surface area contributed by atoms with Gasteiger partial charge >= 0.3 is 5.97 Å². The van der Waals surface area contributed by atoms with Gasteiger partial charge in [0.1, 0.15) is 10.8 Å². The number of hydrogen-bond donors (Lipinski definition) is 2. The summed E-state index contributed by atoms with van der Waals surface area (Å²) in [7, 11) is 0. The highest BCUT2D eigenvalue weighted by molar-refractivity contribution is 14.1. The third-order valence-corrected chi connectivity index (χ3v) is 5.30. The molecule has 128 valence electrons. The number of carboxylic acid groups (broad SMARTS) is 1. The number of ketones is 1. The lowest BCUT2D eigenvalue weighted by molar-refractivity contribution is 0.0697. The van der Waals surface area contributed by atoms with Crippen LogP contribution < -0.4 is 5.32 Å². The molecule has 7 heteroatoms. The number of rotatable bonds is 4. The highest BCUT2D eigenvalue weighted by atomic mass is 127. The average molecular weight is 461 g/mol. The zero-order valence-corrected chi connectivity index (χ0v) is 16.6. The highest BCUT2D eigenvalue weighted by Crippen LogP contribution is 2.38. The summed E-state index contributed by atoms with van der Waals surface area (Å²) in [6.07, 6.45) is 0. The third-order valence-electron chi connectivity index (χ3n) is 3.43. The molecule has 1 aromatic heterocycles. The number of benzene rings is 1. The fourth-order valence-corrected chi connectivity index (χ4v) is 3.94. The maximum atomic E-state index is 14.0. The molecule has 0 aliphatic heterocycles. The number of carbonyl (C=O) groups is 2. The van der Waals surface area contributed by atoms with Crippen LogP contribution in [0.15, 0.2) is 18.2 Å². The molecule has 0 fully saturated rings. The van der Waals surface area contributed by atoms with E-state index < -0.39 is 17.2 Å². The normalized spacial score (nSPS) is 11.4. The standard InChI is InChI=1S/C17H17FINO3S/c1-8-12(16(22)23)15(24-13(8)14(21)17(2,3)4)20-11-6-5-9(19)7-10(11)18/h5-7,20H,1-4H3,(H,22,23). The smallest absolute Gasteiger partial charge is 0.339 e. The molecule has 0 unspecified atom stereocenters. The molecule has 2 rings (SSSR count). The number of anilines is 2. The molecule has 4 nitrogen and oxygen atoms in total. The Kier molecular flexibility index (Phi) is 5.34. The molecule has 0 aliphatic carbocycles. The molecule has 0 aliphatic rings. The van der Waals surface area contributed by atoms with Crippen LogP contribution in [0.5, 0.6) is 0 Å². The molecule has 0 saturated heterocycles. The summed E-state index contributed by atoms with van der Waals surface area (Å²) in [5, 5.41) is 12.6. The maximum Gasteiger partial charge on any atom is 0.339 e. The van der Waals surface area contributed by atoms with Crippen molar-refractivity contribution in [2.75, 3.05) is 5.32 Å². The Hall–Kier alpha value is -1.48. The van der Waals surface area contributed by atoms with Crippen molar-refractivity contribution >= 4 is 56.4 Å². The van der Waals surface area contributed by atoms with Gasteiger partial charge in [0.05, 0.1) is 16.1 Å². The van der Waals surface area contributed by atoms with Crippen molar-refractivity contribution in [3.8, 4) is 0 Å². The minimum Gasteiger partial charge on any atom is -0.478 e. The molecular weight excluding hydrogens is 444 g/mol. The Morgan fingerprint density at radius 3 is 2.42 bits per heavy atom. The lowest BCUT2D eigenvalue weighted by atomic mass is 9.88. The quantitative estimate of drug-likeness (QED) is 0.468.